The van der Waals surface area contributed by atoms with Gasteiger partial charge < -0.3 is 10.1 Å². The number of carbonyl (C=O) groups is 1. The Morgan fingerprint density at radius 2 is 1.46 bits per heavy atom. The summed E-state index contributed by atoms with van der Waals surface area (Å²) in [5, 5.41) is 7.45. The number of benzene rings is 4. The van der Waals surface area contributed by atoms with Gasteiger partial charge in [-0.25, -0.2) is 9.67 Å². The number of ether oxygens (including phenoxy) is 1. The summed E-state index contributed by atoms with van der Waals surface area (Å²) in [5.74, 6) is 1.74. The van der Waals surface area contributed by atoms with Crippen molar-refractivity contribution in [3.63, 3.8) is 0 Å². The molecule has 1 aromatic heterocycles. The lowest BCUT2D eigenvalue weighted by molar-refractivity contribution is 0.101. The van der Waals surface area contributed by atoms with E-state index in [4.69, 9.17) is 4.74 Å². The highest BCUT2D eigenvalue weighted by atomic mass is 16.5. The Morgan fingerprint density at radius 1 is 0.771 bits per heavy atom. The first-order valence-corrected chi connectivity index (χ1v) is 11.3. The maximum Gasteiger partial charge on any atom is 0.295 e. The molecule has 4 aromatic carbocycles. The molecule has 0 saturated carbocycles. The highest BCUT2D eigenvalue weighted by Gasteiger charge is 2.19. The van der Waals surface area contributed by atoms with Crippen molar-refractivity contribution in [3.8, 4) is 28.6 Å². The molecular weight excluding hydrogens is 436 g/mol. The summed E-state index contributed by atoms with van der Waals surface area (Å²) in [5.41, 5.74) is 4.55. The number of anilines is 1. The molecule has 0 spiro atoms. The van der Waals surface area contributed by atoms with E-state index in [0.29, 0.717) is 17.3 Å². The van der Waals surface area contributed by atoms with Crippen LogP contribution >= 0.6 is 0 Å². The minimum absolute atomic E-state index is 0.0904. The van der Waals surface area contributed by atoms with Crippen LogP contribution in [0.1, 0.15) is 21.7 Å². The van der Waals surface area contributed by atoms with Crippen LogP contribution in [-0.4, -0.2) is 20.7 Å². The maximum absolute atomic E-state index is 13.1. The van der Waals surface area contributed by atoms with E-state index in [1.54, 1.807) is 28.9 Å². The smallest absolute Gasteiger partial charge is 0.295 e. The largest absolute Gasteiger partial charge is 0.457 e. The first-order valence-electron chi connectivity index (χ1n) is 11.3. The van der Waals surface area contributed by atoms with Crippen LogP contribution in [0.3, 0.4) is 0 Å². The molecule has 35 heavy (non-hydrogen) atoms. The molecule has 0 atom stereocenters. The van der Waals surface area contributed by atoms with E-state index in [9.17, 15) is 4.79 Å². The molecule has 6 nitrogen and oxygen atoms in total. The minimum Gasteiger partial charge on any atom is -0.457 e. The monoisotopic (exact) mass is 460 g/mol. The van der Waals surface area contributed by atoms with E-state index in [1.165, 1.54) is 0 Å². The zero-order chi connectivity index (χ0) is 24.2. The number of para-hydroxylation sites is 1. The Balaban J connectivity index is 1.41. The van der Waals surface area contributed by atoms with Crippen molar-refractivity contribution < 1.29 is 9.53 Å². The second-order valence-electron chi connectivity index (χ2n) is 8.27. The van der Waals surface area contributed by atoms with Gasteiger partial charge >= 0.3 is 0 Å². The van der Waals surface area contributed by atoms with Gasteiger partial charge in [0.2, 0.25) is 5.82 Å². The molecule has 0 saturated heterocycles. The predicted molar refractivity (Wildman–Crippen MR) is 137 cm³/mol. The van der Waals surface area contributed by atoms with E-state index >= 15 is 0 Å². The lowest BCUT2D eigenvalue weighted by Gasteiger charge is -2.07. The number of aromatic nitrogens is 3. The highest BCUT2D eigenvalue weighted by molar-refractivity contribution is 6.01. The van der Waals surface area contributed by atoms with Gasteiger partial charge in [0, 0.05) is 11.3 Å². The number of nitrogens with one attached hydrogen (secondary N) is 1. The maximum atomic E-state index is 13.1. The number of rotatable bonds is 6. The molecule has 0 radical (unpaired) electrons. The van der Waals surface area contributed by atoms with E-state index < -0.39 is 0 Å². The number of aryl methyl sites for hydroxylation is 2. The fraction of sp³-hybridized carbons (Fsp3) is 0.0690. The van der Waals surface area contributed by atoms with Crippen LogP contribution in [0.15, 0.2) is 103 Å². The summed E-state index contributed by atoms with van der Waals surface area (Å²) >= 11 is 0. The summed E-state index contributed by atoms with van der Waals surface area (Å²) in [6, 6.07) is 32.7. The molecule has 0 unspecified atom stereocenters. The summed E-state index contributed by atoms with van der Waals surface area (Å²) in [7, 11) is 0. The van der Waals surface area contributed by atoms with Crippen LogP contribution in [0, 0.1) is 13.8 Å². The SMILES string of the molecule is Cc1cccc(-c2nc(C(=O)Nc3ccc(Oc4ccccc4)cc3)nn2-c2cccc(C)c2)c1. The molecule has 5 rings (SSSR count). The molecule has 1 heterocycles. The van der Waals surface area contributed by atoms with Crippen LogP contribution in [0.25, 0.3) is 17.1 Å². The number of carbonyl (C=O) groups excluding carboxylic acids is 1. The van der Waals surface area contributed by atoms with Crippen molar-refractivity contribution in [2.75, 3.05) is 5.32 Å². The number of nitrogens with zero attached hydrogens (tertiary/aromatic N) is 3. The Kier molecular flexibility index (Phi) is 6.09. The highest BCUT2D eigenvalue weighted by Crippen LogP contribution is 2.25. The molecule has 6 heteroatoms. The first-order chi connectivity index (χ1) is 17.0. The fourth-order valence-electron chi connectivity index (χ4n) is 3.74. The second kappa shape index (κ2) is 9.65. The average Bonchev–Trinajstić information content (AvgIpc) is 3.32. The Labute approximate surface area is 203 Å². The minimum atomic E-state index is -0.387. The summed E-state index contributed by atoms with van der Waals surface area (Å²) in [6.07, 6.45) is 0. The summed E-state index contributed by atoms with van der Waals surface area (Å²) in [4.78, 5) is 17.7. The molecule has 1 amide bonds. The molecule has 0 bridgehead atoms. The number of amides is 1. The van der Waals surface area contributed by atoms with Gasteiger partial charge in [0.1, 0.15) is 11.5 Å². The molecular formula is C29H24N4O2. The lowest BCUT2D eigenvalue weighted by Crippen LogP contribution is -2.14. The lowest BCUT2D eigenvalue weighted by atomic mass is 10.1. The van der Waals surface area contributed by atoms with Gasteiger partial charge in [-0.2, -0.15) is 0 Å². The fourth-order valence-corrected chi connectivity index (χ4v) is 3.74. The van der Waals surface area contributed by atoms with E-state index in [-0.39, 0.29) is 11.7 Å². The van der Waals surface area contributed by atoms with Gasteiger partial charge in [-0.15, -0.1) is 5.10 Å². The van der Waals surface area contributed by atoms with Crippen molar-refractivity contribution in [1.29, 1.82) is 0 Å². The predicted octanol–water partition coefficient (Wildman–Crippen LogP) is 6.60. The molecule has 172 valence electrons. The van der Waals surface area contributed by atoms with Crippen molar-refractivity contribution in [2.45, 2.75) is 13.8 Å². The second-order valence-corrected chi connectivity index (χ2v) is 8.27. The number of hydrogen-bond acceptors (Lipinski definition) is 4. The molecule has 1 N–H and O–H groups in total. The van der Waals surface area contributed by atoms with Gasteiger partial charge in [-0.05, 0) is 74.0 Å². The van der Waals surface area contributed by atoms with E-state index in [1.807, 2.05) is 92.7 Å². The summed E-state index contributed by atoms with van der Waals surface area (Å²) < 4.78 is 7.53. The summed E-state index contributed by atoms with van der Waals surface area (Å²) in [6.45, 7) is 4.04. The zero-order valence-electron chi connectivity index (χ0n) is 19.5. The Bertz CT molecular complexity index is 1410. The third kappa shape index (κ3) is 5.12. The topological polar surface area (TPSA) is 69.0 Å². The molecule has 0 fully saturated rings. The quantitative estimate of drug-likeness (QED) is 0.310. The van der Waals surface area contributed by atoms with Crippen LogP contribution < -0.4 is 10.1 Å². The van der Waals surface area contributed by atoms with Gasteiger partial charge in [-0.3, -0.25) is 4.79 Å². The standard InChI is InChI=1S/C29H24N4O2/c1-20-8-6-10-22(18-20)28-31-27(32-33(28)24-11-7-9-21(2)19-24)29(34)30-23-14-16-26(17-15-23)35-25-12-4-3-5-13-25/h3-19H,1-2H3,(H,30,34). The van der Waals surface area contributed by atoms with E-state index in [2.05, 4.69) is 15.4 Å². The van der Waals surface area contributed by atoms with Crippen LogP contribution in [-0.2, 0) is 0 Å². The molecule has 0 aliphatic heterocycles. The van der Waals surface area contributed by atoms with Crippen LogP contribution in [0.4, 0.5) is 5.69 Å². The van der Waals surface area contributed by atoms with Crippen molar-refractivity contribution in [3.05, 3.63) is 120 Å². The Hall–Kier alpha value is -4.71. The Morgan fingerprint density at radius 3 is 2.17 bits per heavy atom. The normalized spacial score (nSPS) is 10.7. The average molecular weight is 461 g/mol. The molecule has 0 aliphatic rings. The zero-order valence-corrected chi connectivity index (χ0v) is 19.5. The van der Waals surface area contributed by atoms with Crippen LogP contribution in [0.5, 0.6) is 11.5 Å². The van der Waals surface area contributed by atoms with Crippen molar-refractivity contribution >= 4 is 11.6 Å². The van der Waals surface area contributed by atoms with Crippen LogP contribution in [0.2, 0.25) is 0 Å². The van der Waals surface area contributed by atoms with Crippen molar-refractivity contribution in [2.24, 2.45) is 0 Å². The van der Waals surface area contributed by atoms with Gasteiger partial charge in [-0.1, -0.05) is 54.1 Å². The first kappa shape index (κ1) is 22.1. The van der Waals surface area contributed by atoms with Gasteiger partial charge in [0.05, 0.1) is 5.69 Å². The number of hydrogen-bond donors (Lipinski definition) is 1. The van der Waals surface area contributed by atoms with E-state index in [0.717, 1.165) is 28.1 Å². The third-order valence-electron chi connectivity index (χ3n) is 5.42. The molecule has 0 aliphatic carbocycles. The third-order valence-corrected chi connectivity index (χ3v) is 5.42. The van der Waals surface area contributed by atoms with Crippen molar-refractivity contribution in [1.82, 2.24) is 14.8 Å². The van der Waals surface area contributed by atoms with Gasteiger partial charge in [0.25, 0.3) is 5.91 Å². The van der Waals surface area contributed by atoms with Gasteiger partial charge in [0.15, 0.2) is 5.82 Å². The molecule has 5 aromatic rings.